The molecule has 0 saturated carbocycles. The van der Waals surface area contributed by atoms with E-state index in [-0.39, 0.29) is 5.69 Å². The molecular formula is C22H17N3O3. The number of nitrogens with one attached hydrogen (secondary N) is 1. The summed E-state index contributed by atoms with van der Waals surface area (Å²) in [6.07, 6.45) is 0. The highest BCUT2D eigenvalue weighted by Crippen LogP contribution is 2.36. The number of ether oxygens (including phenoxy) is 1. The van der Waals surface area contributed by atoms with E-state index in [9.17, 15) is 10.1 Å². The van der Waals surface area contributed by atoms with Gasteiger partial charge in [-0.05, 0) is 30.3 Å². The summed E-state index contributed by atoms with van der Waals surface area (Å²) in [4.78, 5) is 19.1. The molecule has 138 valence electrons. The molecule has 0 fully saturated rings. The molecule has 0 saturated heterocycles. The second kappa shape index (κ2) is 7.36. The van der Waals surface area contributed by atoms with Crippen molar-refractivity contribution in [3.05, 3.63) is 89.0 Å². The fraction of sp³-hybridized carbons (Fsp3) is 0.0455. The molecule has 1 N–H and O–H groups in total. The van der Waals surface area contributed by atoms with Crippen LogP contribution in [0.15, 0.2) is 78.9 Å². The number of methoxy groups -OCH3 is 1. The molecule has 3 aromatic carbocycles. The summed E-state index contributed by atoms with van der Waals surface area (Å²) in [6, 6.07) is 23.9. The number of imidazole rings is 1. The predicted octanol–water partition coefficient (Wildman–Crippen LogP) is 5.33. The molecule has 1 heterocycles. The second-order valence-corrected chi connectivity index (χ2v) is 6.18. The van der Waals surface area contributed by atoms with E-state index in [0.717, 1.165) is 28.3 Å². The molecule has 0 aliphatic heterocycles. The van der Waals surface area contributed by atoms with Crippen LogP contribution in [-0.4, -0.2) is 22.0 Å². The first-order chi connectivity index (χ1) is 13.7. The van der Waals surface area contributed by atoms with Crippen molar-refractivity contribution in [1.82, 2.24) is 9.97 Å². The van der Waals surface area contributed by atoms with Crippen LogP contribution in [0, 0.1) is 10.1 Å². The van der Waals surface area contributed by atoms with Crippen molar-refractivity contribution in [2.24, 2.45) is 0 Å². The summed E-state index contributed by atoms with van der Waals surface area (Å²) >= 11 is 0. The van der Waals surface area contributed by atoms with E-state index in [2.05, 4.69) is 4.98 Å². The lowest BCUT2D eigenvalue weighted by atomic mass is 10.1. The summed E-state index contributed by atoms with van der Waals surface area (Å²) in [6.45, 7) is 0. The minimum atomic E-state index is -0.396. The predicted molar refractivity (Wildman–Crippen MR) is 108 cm³/mol. The summed E-state index contributed by atoms with van der Waals surface area (Å²) in [7, 11) is 1.62. The Balaban J connectivity index is 1.91. The van der Waals surface area contributed by atoms with Crippen LogP contribution in [0.1, 0.15) is 0 Å². The number of rotatable bonds is 5. The normalized spacial score (nSPS) is 10.6. The quantitative estimate of drug-likeness (QED) is 0.380. The van der Waals surface area contributed by atoms with Crippen LogP contribution in [0.25, 0.3) is 33.9 Å². The average molecular weight is 371 g/mol. The van der Waals surface area contributed by atoms with Crippen LogP contribution in [0.3, 0.4) is 0 Å². The molecule has 4 aromatic rings. The smallest absolute Gasteiger partial charge is 0.280 e. The molecule has 0 bridgehead atoms. The SMILES string of the molecule is COc1ccc(-c2[nH]c(-c3ccccc3[N+](=O)[O-])nc2-c2ccccc2)cc1. The Morgan fingerprint density at radius 3 is 2.25 bits per heavy atom. The number of aromatic nitrogens is 2. The van der Waals surface area contributed by atoms with Gasteiger partial charge in [-0.25, -0.2) is 4.98 Å². The van der Waals surface area contributed by atoms with Gasteiger partial charge in [0.05, 0.1) is 29.0 Å². The van der Waals surface area contributed by atoms with E-state index >= 15 is 0 Å². The summed E-state index contributed by atoms with van der Waals surface area (Å²) in [5.41, 5.74) is 3.83. The van der Waals surface area contributed by atoms with Gasteiger partial charge in [0, 0.05) is 17.2 Å². The molecule has 28 heavy (non-hydrogen) atoms. The van der Waals surface area contributed by atoms with Gasteiger partial charge < -0.3 is 9.72 Å². The van der Waals surface area contributed by atoms with E-state index in [1.54, 1.807) is 25.3 Å². The maximum atomic E-state index is 11.4. The molecule has 1 aromatic heterocycles. The number of nitro benzene ring substituents is 1. The molecule has 0 unspecified atom stereocenters. The Hall–Kier alpha value is -3.93. The molecular weight excluding hydrogens is 354 g/mol. The van der Waals surface area contributed by atoms with Crippen molar-refractivity contribution >= 4 is 5.69 Å². The number of H-pyrrole nitrogens is 1. The lowest BCUT2D eigenvalue weighted by molar-refractivity contribution is -0.384. The Morgan fingerprint density at radius 2 is 1.57 bits per heavy atom. The average Bonchev–Trinajstić information content (AvgIpc) is 3.20. The summed E-state index contributed by atoms with van der Waals surface area (Å²) < 4.78 is 5.24. The molecule has 0 spiro atoms. The highest BCUT2D eigenvalue weighted by atomic mass is 16.6. The van der Waals surface area contributed by atoms with Gasteiger partial charge in [-0.2, -0.15) is 0 Å². The zero-order valence-corrected chi connectivity index (χ0v) is 15.1. The van der Waals surface area contributed by atoms with Crippen LogP contribution >= 0.6 is 0 Å². The van der Waals surface area contributed by atoms with Crippen LogP contribution in [0.2, 0.25) is 0 Å². The van der Waals surface area contributed by atoms with Gasteiger partial charge in [0.1, 0.15) is 11.6 Å². The molecule has 6 nitrogen and oxygen atoms in total. The number of nitrogens with zero attached hydrogens (tertiary/aromatic N) is 2. The fourth-order valence-electron chi connectivity index (χ4n) is 3.11. The van der Waals surface area contributed by atoms with Crippen LogP contribution in [0.5, 0.6) is 5.75 Å². The molecule has 4 rings (SSSR count). The van der Waals surface area contributed by atoms with Crippen LogP contribution in [-0.2, 0) is 0 Å². The number of nitro groups is 1. The van der Waals surface area contributed by atoms with Crippen molar-refractivity contribution < 1.29 is 9.66 Å². The fourth-order valence-corrected chi connectivity index (χ4v) is 3.11. The zero-order chi connectivity index (χ0) is 19.5. The van der Waals surface area contributed by atoms with E-state index in [1.807, 2.05) is 54.6 Å². The van der Waals surface area contributed by atoms with Crippen molar-refractivity contribution in [3.8, 4) is 39.7 Å². The third-order valence-corrected chi connectivity index (χ3v) is 4.49. The van der Waals surface area contributed by atoms with Gasteiger partial charge in [0.2, 0.25) is 0 Å². The van der Waals surface area contributed by atoms with Crippen molar-refractivity contribution in [2.75, 3.05) is 7.11 Å². The van der Waals surface area contributed by atoms with E-state index < -0.39 is 4.92 Å². The zero-order valence-electron chi connectivity index (χ0n) is 15.1. The largest absolute Gasteiger partial charge is 0.497 e. The van der Waals surface area contributed by atoms with Gasteiger partial charge in [-0.15, -0.1) is 0 Å². The standard InChI is InChI=1S/C22H17N3O3/c1-28-17-13-11-16(12-14-17)21-20(15-7-3-2-4-8-15)23-22(24-21)18-9-5-6-10-19(18)25(26)27/h2-14H,1H3,(H,23,24). The number of aromatic amines is 1. The van der Waals surface area contributed by atoms with Crippen molar-refractivity contribution in [3.63, 3.8) is 0 Å². The summed E-state index contributed by atoms with van der Waals surface area (Å²) in [5, 5.41) is 11.4. The number of benzene rings is 3. The van der Waals surface area contributed by atoms with Gasteiger partial charge in [0.25, 0.3) is 5.69 Å². The second-order valence-electron chi connectivity index (χ2n) is 6.18. The molecule has 0 atom stereocenters. The maximum Gasteiger partial charge on any atom is 0.280 e. The first-order valence-electron chi connectivity index (χ1n) is 8.71. The Morgan fingerprint density at radius 1 is 0.893 bits per heavy atom. The molecule has 0 amide bonds. The number of hydrogen-bond donors (Lipinski definition) is 1. The molecule has 0 aliphatic carbocycles. The third-order valence-electron chi connectivity index (χ3n) is 4.49. The first-order valence-corrected chi connectivity index (χ1v) is 8.71. The minimum Gasteiger partial charge on any atom is -0.497 e. The minimum absolute atomic E-state index is 0.0112. The Kier molecular flexibility index (Phi) is 4.60. The van der Waals surface area contributed by atoms with Gasteiger partial charge in [-0.3, -0.25) is 10.1 Å². The number of hydrogen-bond acceptors (Lipinski definition) is 4. The highest BCUT2D eigenvalue weighted by molar-refractivity contribution is 5.82. The maximum absolute atomic E-state index is 11.4. The Bertz CT molecular complexity index is 1120. The van der Waals surface area contributed by atoms with Gasteiger partial charge in [0.15, 0.2) is 0 Å². The van der Waals surface area contributed by atoms with Gasteiger partial charge >= 0.3 is 0 Å². The topological polar surface area (TPSA) is 81.0 Å². The van der Waals surface area contributed by atoms with Crippen molar-refractivity contribution in [1.29, 1.82) is 0 Å². The van der Waals surface area contributed by atoms with E-state index in [1.165, 1.54) is 6.07 Å². The molecule has 6 heteroatoms. The lowest BCUT2D eigenvalue weighted by Crippen LogP contribution is -1.92. The Labute approximate surface area is 161 Å². The van der Waals surface area contributed by atoms with E-state index in [0.29, 0.717) is 11.4 Å². The number of para-hydroxylation sites is 1. The van der Waals surface area contributed by atoms with Crippen molar-refractivity contribution in [2.45, 2.75) is 0 Å². The lowest BCUT2D eigenvalue weighted by Gasteiger charge is -2.04. The van der Waals surface area contributed by atoms with Gasteiger partial charge in [-0.1, -0.05) is 42.5 Å². The third kappa shape index (κ3) is 3.23. The molecule has 0 aliphatic rings. The highest BCUT2D eigenvalue weighted by Gasteiger charge is 2.21. The summed E-state index contributed by atoms with van der Waals surface area (Å²) in [5.74, 6) is 1.21. The van der Waals surface area contributed by atoms with Crippen LogP contribution in [0.4, 0.5) is 5.69 Å². The van der Waals surface area contributed by atoms with Crippen LogP contribution < -0.4 is 4.74 Å². The molecule has 0 radical (unpaired) electrons. The van der Waals surface area contributed by atoms with E-state index in [4.69, 9.17) is 9.72 Å². The first kappa shape index (κ1) is 17.5. The monoisotopic (exact) mass is 371 g/mol.